The van der Waals surface area contributed by atoms with Crippen molar-refractivity contribution in [3.63, 3.8) is 0 Å². The second-order valence-electron chi connectivity index (χ2n) is 6.19. The number of esters is 1. The topological polar surface area (TPSA) is 64.6 Å². The Balaban J connectivity index is 1.89. The van der Waals surface area contributed by atoms with Gasteiger partial charge in [-0.2, -0.15) is 0 Å². The molecule has 0 saturated carbocycles. The number of ether oxygens (including phenoxy) is 2. The van der Waals surface area contributed by atoms with Crippen LogP contribution in [0.5, 0.6) is 5.75 Å². The molecule has 132 valence electrons. The molecule has 0 fully saturated rings. The summed E-state index contributed by atoms with van der Waals surface area (Å²) in [6, 6.07) is 12.4. The van der Waals surface area contributed by atoms with Gasteiger partial charge in [-0.1, -0.05) is 6.07 Å². The van der Waals surface area contributed by atoms with Crippen molar-refractivity contribution >= 4 is 17.6 Å². The van der Waals surface area contributed by atoms with Gasteiger partial charge in [-0.25, -0.2) is 4.79 Å². The highest BCUT2D eigenvalue weighted by Crippen LogP contribution is 2.16. The summed E-state index contributed by atoms with van der Waals surface area (Å²) in [6.07, 6.45) is -0.172. The Morgan fingerprint density at radius 2 is 1.60 bits per heavy atom. The van der Waals surface area contributed by atoms with E-state index >= 15 is 0 Å². The normalized spacial score (nSPS) is 10.4. The van der Waals surface area contributed by atoms with Crippen LogP contribution in [0.15, 0.2) is 42.5 Å². The average Bonchev–Trinajstić information content (AvgIpc) is 2.52. The largest absolute Gasteiger partial charge is 0.484 e. The molecule has 0 aliphatic carbocycles. The molecular formula is C20H23NO4. The van der Waals surface area contributed by atoms with E-state index in [1.807, 2.05) is 32.0 Å². The molecule has 2 aromatic carbocycles. The second-order valence-corrected chi connectivity index (χ2v) is 6.19. The Hall–Kier alpha value is -2.82. The number of nitrogens with one attached hydrogen (secondary N) is 1. The van der Waals surface area contributed by atoms with Crippen LogP contribution >= 0.6 is 0 Å². The molecule has 0 aliphatic heterocycles. The molecule has 25 heavy (non-hydrogen) atoms. The van der Waals surface area contributed by atoms with Crippen molar-refractivity contribution < 1.29 is 19.1 Å². The summed E-state index contributed by atoms with van der Waals surface area (Å²) in [5.74, 6) is 0.0159. The fourth-order valence-corrected chi connectivity index (χ4v) is 2.33. The van der Waals surface area contributed by atoms with Gasteiger partial charge in [0.1, 0.15) is 5.75 Å². The van der Waals surface area contributed by atoms with Gasteiger partial charge in [0, 0.05) is 5.69 Å². The zero-order valence-electron chi connectivity index (χ0n) is 15.0. The number of aryl methyl sites for hydroxylation is 2. The van der Waals surface area contributed by atoms with Crippen LogP contribution in [0.1, 0.15) is 35.3 Å². The van der Waals surface area contributed by atoms with Crippen molar-refractivity contribution in [3.05, 3.63) is 59.2 Å². The number of carbonyl (C=O) groups excluding carboxylic acids is 2. The molecule has 0 unspecified atom stereocenters. The van der Waals surface area contributed by atoms with E-state index < -0.39 is 0 Å². The summed E-state index contributed by atoms with van der Waals surface area (Å²) < 4.78 is 10.6. The van der Waals surface area contributed by atoms with Crippen LogP contribution in [0.4, 0.5) is 5.69 Å². The number of hydrogen-bond acceptors (Lipinski definition) is 4. The molecule has 0 radical (unpaired) electrons. The zero-order chi connectivity index (χ0) is 18.4. The third-order valence-electron chi connectivity index (χ3n) is 3.31. The predicted molar refractivity (Wildman–Crippen MR) is 97.0 cm³/mol. The molecule has 2 rings (SSSR count). The molecule has 0 aliphatic rings. The number of carbonyl (C=O) groups is 2. The Bertz CT molecular complexity index is 731. The Morgan fingerprint density at radius 1 is 1.00 bits per heavy atom. The first-order chi connectivity index (χ1) is 11.8. The first kappa shape index (κ1) is 18.5. The lowest BCUT2D eigenvalue weighted by molar-refractivity contribution is -0.118. The molecule has 5 heteroatoms. The molecule has 0 saturated heterocycles. The number of amides is 1. The van der Waals surface area contributed by atoms with Gasteiger partial charge in [0.2, 0.25) is 0 Å². The van der Waals surface area contributed by atoms with E-state index in [1.54, 1.807) is 38.1 Å². The maximum Gasteiger partial charge on any atom is 0.338 e. The molecule has 5 nitrogen and oxygen atoms in total. The molecule has 0 heterocycles. The Kier molecular flexibility index (Phi) is 6.17. The highest BCUT2D eigenvalue weighted by Gasteiger charge is 2.10. The molecule has 0 aromatic heterocycles. The van der Waals surface area contributed by atoms with Crippen LogP contribution in [-0.4, -0.2) is 24.6 Å². The smallest absolute Gasteiger partial charge is 0.338 e. The SMILES string of the molecule is Cc1cc(C)cc(OCC(=O)Nc2ccc(C(=O)OC(C)C)cc2)c1. The summed E-state index contributed by atoms with van der Waals surface area (Å²) in [6.45, 7) is 7.46. The van der Waals surface area contributed by atoms with E-state index in [0.717, 1.165) is 11.1 Å². The molecule has 0 bridgehead atoms. The predicted octanol–water partition coefficient (Wildman–Crippen LogP) is 3.89. The minimum Gasteiger partial charge on any atom is -0.484 e. The highest BCUT2D eigenvalue weighted by atomic mass is 16.5. The van der Waals surface area contributed by atoms with E-state index in [9.17, 15) is 9.59 Å². The lowest BCUT2D eigenvalue weighted by Gasteiger charge is -2.10. The summed E-state index contributed by atoms with van der Waals surface area (Å²) >= 11 is 0. The second kappa shape index (κ2) is 8.33. The first-order valence-corrected chi connectivity index (χ1v) is 8.15. The lowest BCUT2D eigenvalue weighted by atomic mass is 10.1. The quantitative estimate of drug-likeness (QED) is 0.810. The number of anilines is 1. The van der Waals surface area contributed by atoms with Gasteiger partial charge in [-0.3, -0.25) is 4.79 Å². The van der Waals surface area contributed by atoms with E-state index in [4.69, 9.17) is 9.47 Å². The average molecular weight is 341 g/mol. The van der Waals surface area contributed by atoms with E-state index in [0.29, 0.717) is 17.0 Å². The van der Waals surface area contributed by atoms with E-state index in [2.05, 4.69) is 5.32 Å². The third kappa shape index (κ3) is 5.95. The zero-order valence-corrected chi connectivity index (χ0v) is 15.0. The van der Waals surface area contributed by atoms with E-state index in [-0.39, 0.29) is 24.6 Å². The summed E-state index contributed by atoms with van der Waals surface area (Å²) in [5.41, 5.74) is 3.20. The van der Waals surface area contributed by atoms with Gasteiger partial charge in [-0.05, 0) is 75.2 Å². The maximum atomic E-state index is 12.0. The van der Waals surface area contributed by atoms with Gasteiger partial charge >= 0.3 is 5.97 Å². The molecule has 1 N–H and O–H groups in total. The summed E-state index contributed by atoms with van der Waals surface area (Å²) in [7, 11) is 0. The van der Waals surface area contributed by atoms with Crippen molar-refractivity contribution in [2.75, 3.05) is 11.9 Å². The summed E-state index contributed by atoms with van der Waals surface area (Å²) in [4.78, 5) is 23.8. The highest BCUT2D eigenvalue weighted by molar-refractivity contribution is 5.93. The third-order valence-corrected chi connectivity index (χ3v) is 3.31. The lowest BCUT2D eigenvalue weighted by Crippen LogP contribution is -2.20. The Labute approximate surface area is 148 Å². The van der Waals surface area contributed by atoms with Crippen molar-refractivity contribution in [2.24, 2.45) is 0 Å². The van der Waals surface area contributed by atoms with Crippen LogP contribution in [0.3, 0.4) is 0 Å². The number of rotatable bonds is 6. The first-order valence-electron chi connectivity index (χ1n) is 8.15. The van der Waals surface area contributed by atoms with Crippen LogP contribution < -0.4 is 10.1 Å². The van der Waals surface area contributed by atoms with Gasteiger partial charge in [-0.15, -0.1) is 0 Å². The molecule has 0 spiro atoms. The van der Waals surface area contributed by atoms with Gasteiger partial charge in [0.25, 0.3) is 5.91 Å². The van der Waals surface area contributed by atoms with Crippen molar-refractivity contribution in [1.82, 2.24) is 0 Å². The van der Waals surface area contributed by atoms with Gasteiger partial charge < -0.3 is 14.8 Å². The summed E-state index contributed by atoms with van der Waals surface area (Å²) in [5, 5.41) is 2.73. The molecule has 0 atom stereocenters. The standard InChI is InChI=1S/C20H23NO4/c1-13(2)25-20(23)16-5-7-17(8-6-16)21-19(22)12-24-18-10-14(3)9-15(4)11-18/h5-11,13H,12H2,1-4H3,(H,21,22). The van der Waals surface area contributed by atoms with Crippen LogP contribution in [0.25, 0.3) is 0 Å². The molecule has 1 amide bonds. The van der Waals surface area contributed by atoms with Gasteiger partial charge in [0.05, 0.1) is 11.7 Å². The fraction of sp³-hybridized carbons (Fsp3) is 0.300. The van der Waals surface area contributed by atoms with E-state index in [1.165, 1.54) is 0 Å². The van der Waals surface area contributed by atoms with Crippen LogP contribution in [0, 0.1) is 13.8 Å². The minimum atomic E-state index is -0.383. The van der Waals surface area contributed by atoms with Crippen LogP contribution in [0.2, 0.25) is 0 Å². The monoisotopic (exact) mass is 341 g/mol. The number of hydrogen-bond donors (Lipinski definition) is 1. The van der Waals surface area contributed by atoms with Crippen molar-refractivity contribution in [3.8, 4) is 5.75 Å². The van der Waals surface area contributed by atoms with Gasteiger partial charge in [0.15, 0.2) is 6.61 Å². The van der Waals surface area contributed by atoms with Crippen LogP contribution in [-0.2, 0) is 9.53 Å². The van der Waals surface area contributed by atoms with Crippen molar-refractivity contribution in [2.45, 2.75) is 33.8 Å². The Morgan fingerprint density at radius 3 is 2.16 bits per heavy atom. The minimum absolute atomic E-state index is 0.0833. The number of benzene rings is 2. The fourth-order valence-electron chi connectivity index (χ4n) is 2.33. The van der Waals surface area contributed by atoms with Crippen molar-refractivity contribution in [1.29, 1.82) is 0 Å². The molecular weight excluding hydrogens is 318 g/mol. The maximum absolute atomic E-state index is 12.0. The molecule has 2 aromatic rings.